The smallest absolute Gasteiger partial charge is 0.303 e. The number of hydrogen-bond acceptors (Lipinski definition) is 6. The Morgan fingerprint density at radius 2 is 2.00 bits per heavy atom. The Hall–Kier alpha value is -1.96. The fourth-order valence-corrected chi connectivity index (χ4v) is 4.51. The average molecular weight is 462 g/mol. The minimum atomic E-state index is -0.437. The predicted octanol–water partition coefficient (Wildman–Crippen LogP) is 3.63. The van der Waals surface area contributed by atoms with Crippen LogP contribution in [-0.2, 0) is 28.5 Å². The monoisotopic (exact) mass is 461 g/mol. The molecule has 7 heteroatoms. The third-order valence-electron chi connectivity index (χ3n) is 6.68. The van der Waals surface area contributed by atoms with Crippen molar-refractivity contribution in [2.24, 2.45) is 5.92 Å². The van der Waals surface area contributed by atoms with Gasteiger partial charge in [-0.3, -0.25) is 9.59 Å². The predicted molar refractivity (Wildman–Crippen MR) is 126 cm³/mol. The zero-order valence-corrected chi connectivity index (χ0v) is 20.5. The van der Waals surface area contributed by atoms with Gasteiger partial charge in [-0.05, 0) is 45.6 Å². The molecule has 1 N–H and O–H groups in total. The Morgan fingerprint density at radius 3 is 2.70 bits per heavy atom. The lowest BCUT2D eigenvalue weighted by Crippen LogP contribution is -2.50. The van der Waals surface area contributed by atoms with Gasteiger partial charge >= 0.3 is 5.97 Å². The molecule has 6 unspecified atom stereocenters. The molecule has 0 aromatic carbocycles. The second-order valence-electron chi connectivity index (χ2n) is 9.76. The molecule has 0 radical (unpaired) electrons. The van der Waals surface area contributed by atoms with E-state index in [2.05, 4.69) is 37.4 Å². The van der Waals surface area contributed by atoms with E-state index in [9.17, 15) is 9.59 Å². The lowest BCUT2D eigenvalue weighted by atomic mass is 9.88. The zero-order valence-electron chi connectivity index (χ0n) is 20.5. The van der Waals surface area contributed by atoms with Gasteiger partial charge in [0.1, 0.15) is 6.10 Å². The lowest BCUT2D eigenvalue weighted by Gasteiger charge is -2.39. The summed E-state index contributed by atoms with van der Waals surface area (Å²) in [6, 6.07) is -0.0529. The van der Waals surface area contributed by atoms with Crippen molar-refractivity contribution in [3.8, 4) is 0 Å². The standard InChI is InChI=1S/C26H39NO6/c1-17(6-9-22-15-26(16-31-26)12-13-30-22)7-10-24-18(2)14-23(20(4)33-24)27-25(29)11-8-19(3)32-21(5)28/h6-9,11,18-20,22-24H,10,12-16H2,1-5H3,(H,27,29)/b9-6+,11-8-,17-7+/t18?,19?,20?,22-,23?,24?,26?/m1/s1. The fraction of sp³-hybridized carbons (Fsp3) is 0.692. The summed E-state index contributed by atoms with van der Waals surface area (Å²) in [5.41, 5.74) is 1.29. The molecule has 0 aromatic heterocycles. The van der Waals surface area contributed by atoms with Crippen molar-refractivity contribution in [3.63, 3.8) is 0 Å². The molecule has 1 spiro atoms. The average Bonchev–Trinajstić information content (AvgIpc) is 3.49. The maximum absolute atomic E-state index is 12.3. The van der Waals surface area contributed by atoms with Crippen LogP contribution in [0.4, 0.5) is 0 Å². The largest absolute Gasteiger partial charge is 0.459 e. The van der Waals surface area contributed by atoms with Crippen LogP contribution in [-0.4, -0.2) is 61.1 Å². The van der Waals surface area contributed by atoms with E-state index in [4.69, 9.17) is 18.9 Å². The number of rotatable bonds is 8. The maximum Gasteiger partial charge on any atom is 0.303 e. The van der Waals surface area contributed by atoms with Gasteiger partial charge in [0.2, 0.25) is 5.91 Å². The molecule has 3 rings (SSSR count). The van der Waals surface area contributed by atoms with E-state index in [0.29, 0.717) is 5.92 Å². The van der Waals surface area contributed by atoms with Gasteiger partial charge in [-0.25, -0.2) is 0 Å². The molecular formula is C26H39NO6. The number of nitrogens with one attached hydrogen (secondary N) is 1. The highest BCUT2D eigenvalue weighted by Crippen LogP contribution is 2.39. The second kappa shape index (κ2) is 11.4. The van der Waals surface area contributed by atoms with Crippen LogP contribution in [0.15, 0.2) is 36.0 Å². The summed E-state index contributed by atoms with van der Waals surface area (Å²) in [4.78, 5) is 23.2. The Morgan fingerprint density at radius 1 is 1.24 bits per heavy atom. The highest BCUT2D eigenvalue weighted by Gasteiger charge is 2.48. The molecule has 3 aliphatic rings. The number of amides is 1. The third kappa shape index (κ3) is 8.09. The van der Waals surface area contributed by atoms with Crippen molar-refractivity contribution in [2.75, 3.05) is 13.2 Å². The first-order valence-electron chi connectivity index (χ1n) is 12.1. The van der Waals surface area contributed by atoms with Gasteiger partial charge in [0.15, 0.2) is 0 Å². The Kier molecular flexibility index (Phi) is 8.90. The minimum absolute atomic E-state index is 0.0529. The Labute approximate surface area is 197 Å². The van der Waals surface area contributed by atoms with Crippen molar-refractivity contribution < 1.29 is 28.5 Å². The number of allylic oxidation sites excluding steroid dienone is 2. The molecule has 0 aliphatic carbocycles. The third-order valence-corrected chi connectivity index (χ3v) is 6.68. The maximum atomic E-state index is 12.3. The summed E-state index contributed by atoms with van der Waals surface area (Å²) < 4.78 is 22.7. The number of esters is 1. The van der Waals surface area contributed by atoms with Crippen molar-refractivity contribution in [3.05, 3.63) is 36.0 Å². The first-order chi connectivity index (χ1) is 15.7. The highest BCUT2D eigenvalue weighted by atomic mass is 16.6. The van der Waals surface area contributed by atoms with E-state index >= 15 is 0 Å². The molecule has 7 nitrogen and oxygen atoms in total. The van der Waals surface area contributed by atoms with Crippen LogP contribution in [0, 0.1) is 5.92 Å². The number of epoxide rings is 1. The topological polar surface area (TPSA) is 86.4 Å². The molecule has 33 heavy (non-hydrogen) atoms. The molecule has 0 aromatic rings. The molecule has 3 heterocycles. The van der Waals surface area contributed by atoms with Crippen LogP contribution < -0.4 is 5.32 Å². The van der Waals surface area contributed by atoms with Crippen LogP contribution in [0.2, 0.25) is 0 Å². The van der Waals surface area contributed by atoms with Crippen molar-refractivity contribution in [1.82, 2.24) is 5.32 Å². The number of hydrogen-bond donors (Lipinski definition) is 1. The quantitative estimate of drug-likeness (QED) is 0.257. The summed E-state index contributed by atoms with van der Waals surface area (Å²) in [7, 11) is 0. The molecule has 3 saturated heterocycles. The Bertz CT molecular complexity index is 784. The van der Waals surface area contributed by atoms with E-state index in [1.54, 1.807) is 13.0 Å². The van der Waals surface area contributed by atoms with Crippen molar-refractivity contribution in [2.45, 2.75) is 96.4 Å². The van der Waals surface area contributed by atoms with Gasteiger partial charge in [-0.15, -0.1) is 0 Å². The molecule has 7 atom stereocenters. The van der Waals surface area contributed by atoms with E-state index in [-0.39, 0.29) is 41.8 Å². The summed E-state index contributed by atoms with van der Waals surface area (Å²) in [5, 5.41) is 3.02. The lowest BCUT2D eigenvalue weighted by molar-refractivity contribution is -0.143. The van der Waals surface area contributed by atoms with Gasteiger partial charge in [0, 0.05) is 25.8 Å². The molecule has 0 bridgehead atoms. The van der Waals surface area contributed by atoms with Crippen LogP contribution in [0.3, 0.4) is 0 Å². The minimum Gasteiger partial charge on any atom is -0.459 e. The molecule has 0 saturated carbocycles. The van der Waals surface area contributed by atoms with Gasteiger partial charge < -0.3 is 24.3 Å². The van der Waals surface area contributed by atoms with E-state index in [1.165, 1.54) is 18.6 Å². The number of carbonyl (C=O) groups excluding carboxylic acids is 2. The first kappa shape index (κ1) is 25.7. The number of ether oxygens (including phenoxy) is 4. The summed E-state index contributed by atoms with van der Waals surface area (Å²) in [6.07, 6.45) is 12.9. The molecule has 3 aliphatic heterocycles. The first-order valence-corrected chi connectivity index (χ1v) is 12.1. The van der Waals surface area contributed by atoms with Crippen molar-refractivity contribution in [1.29, 1.82) is 0 Å². The van der Waals surface area contributed by atoms with E-state index in [1.807, 2.05) is 6.92 Å². The fourth-order valence-electron chi connectivity index (χ4n) is 4.51. The van der Waals surface area contributed by atoms with E-state index in [0.717, 1.165) is 38.9 Å². The summed E-state index contributed by atoms with van der Waals surface area (Å²) in [6.45, 7) is 11.0. The van der Waals surface area contributed by atoms with Gasteiger partial charge in [-0.2, -0.15) is 0 Å². The molecule has 3 fully saturated rings. The molecule has 184 valence electrons. The van der Waals surface area contributed by atoms with Gasteiger partial charge in [0.25, 0.3) is 0 Å². The zero-order chi connectivity index (χ0) is 24.0. The van der Waals surface area contributed by atoms with Crippen LogP contribution in [0.25, 0.3) is 0 Å². The number of carbonyl (C=O) groups is 2. The normalized spacial score (nSPS) is 35.7. The van der Waals surface area contributed by atoms with Crippen LogP contribution >= 0.6 is 0 Å². The van der Waals surface area contributed by atoms with E-state index < -0.39 is 6.10 Å². The highest BCUT2D eigenvalue weighted by molar-refractivity contribution is 5.87. The Balaban J connectivity index is 1.43. The van der Waals surface area contributed by atoms with Gasteiger partial charge in [0.05, 0.1) is 43.2 Å². The van der Waals surface area contributed by atoms with Crippen LogP contribution in [0.5, 0.6) is 0 Å². The van der Waals surface area contributed by atoms with Gasteiger partial charge in [-0.1, -0.05) is 30.7 Å². The van der Waals surface area contributed by atoms with Crippen molar-refractivity contribution >= 4 is 11.9 Å². The summed E-state index contributed by atoms with van der Waals surface area (Å²) in [5.74, 6) is -0.258. The molecule has 1 amide bonds. The molecular weight excluding hydrogens is 422 g/mol. The summed E-state index contributed by atoms with van der Waals surface area (Å²) >= 11 is 0. The van der Waals surface area contributed by atoms with Crippen LogP contribution in [0.1, 0.15) is 60.3 Å². The SMILES string of the molecule is CC(=O)OC(C)/C=C\C(=O)NC1CC(C)C(C/C=C(C)/C=C/[C@@H]2CC3(CCO2)CO3)OC1C. The second-order valence-corrected chi connectivity index (χ2v) is 9.76.